The number of hydrogen-bond acceptors (Lipinski definition) is 4. The summed E-state index contributed by atoms with van der Waals surface area (Å²) in [4.78, 5) is 4.24. The van der Waals surface area contributed by atoms with Crippen LogP contribution in [0.3, 0.4) is 0 Å². The van der Waals surface area contributed by atoms with Crippen molar-refractivity contribution < 1.29 is 8.42 Å². The van der Waals surface area contributed by atoms with Gasteiger partial charge in [0.15, 0.2) is 9.84 Å². The van der Waals surface area contributed by atoms with Crippen molar-refractivity contribution in [2.24, 2.45) is 7.05 Å². The Labute approximate surface area is 102 Å². The summed E-state index contributed by atoms with van der Waals surface area (Å²) < 4.78 is 24.9. The largest absolute Gasteiger partial charge is 0.338 e. The Bertz CT molecular complexity index is 495. The van der Waals surface area contributed by atoms with E-state index in [0.717, 1.165) is 18.8 Å². The third-order valence-electron chi connectivity index (χ3n) is 3.32. The number of sulfone groups is 1. The summed E-state index contributed by atoms with van der Waals surface area (Å²) >= 11 is 0. The van der Waals surface area contributed by atoms with E-state index in [1.54, 1.807) is 6.20 Å². The van der Waals surface area contributed by atoms with E-state index in [1.807, 2.05) is 24.7 Å². The van der Waals surface area contributed by atoms with Gasteiger partial charge in [0, 0.05) is 37.9 Å². The van der Waals surface area contributed by atoms with Gasteiger partial charge in [-0.15, -0.1) is 0 Å². The van der Waals surface area contributed by atoms with Crippen molar-refractivity contribution in [3.05, 3.63) is 18.2 Å². The van der Waals surface area contributed by atoms with E-state index >= 15 is 0 Å². The number of aromatic nitrogens is 2. The molecule has 1 saturated heterocycles. The summed E-state index contributed by atoms with van der Waals surface area (Å²) in [5.74, 6) is 1.57. The third-order valence-corrected chi connectivity index (χ3v) is 5.23. The van der Waals surface area contributed by atoms with Gasteiger partial charge in [-0.1, -0.05) is 0 Å². The van der Waals surface area contributed by atoms with Crippen molar-refractivity contribution in [3.63, 3.8) is 0 Å². The molecule has 0 aromatic carbocycles. The molecule has 2 heterocycles. The maximum Gasteiger partial charge on any atom is 0.152 e. The van der Waals surface area contributed by atoms with E-state index in [9.17, 15) is 8.42 Å². The minimum absolute atomic E-state index is 0.251. The first kappa shape index (κ1) is 12.6. The second-order valence-electron chi connectivity index (χ2n) is 5.03. The van der Waals surface area contributed by atoms with Crippen molar-refractivity contribution in [1.29, 1.82) is 0 Å². The lowest BCUT2D eigenvalue weighted by Gasteiger charge is -2.23. The Hall–Kier alpha value is -0.880. The average Bonchev–Trinajstić information content (AvgIpc) is 2.72. The van der Waals surface area contributed by atoms with E-state index in [-0.39, 0.29) is 11.3 Å². The molecule has 1 aromatic rings. The van der Waals surface area contributed by atoms with Gasteiger partial charge in [0.1, 0.15) is 5.82 Å². The fraction of sp³-hybridized carbons (Fsp3) is 0.727. The van der Waals surface area contributed by atoms with Gasteiger partial charge < -0.3 is 9.88 Å². The third kappa shape index (κ3) is 3.07. The molecule has 96 valence electrons. The van der Waals surface area contributed by atoms with Crippen LogP contribution < -0.4 is 5.32 Å². The smallest absolute Gasteiger partial charge is 0.152 e. The molecule has 0 amide bonds. The van der Waals surface area contributed by atoms with Crippen LogP contribution in [0.1, 0.15) is 19.2 Å². The topological polar surface area (TPSA) is 64.0 Å². The lowest BCUT2D eigenvalue weighted by Crippen LogP contribution is -2.44. The van der Waals surface area contributed by atoms with E-state index in [2.05, 4.69) is 10.3 Å². The number of hydrogen-bond donors (Lipinski definition) is 1. The highest BCUT2D eigenvalue weighted by molar-refractivity contribution is 7.91. The number of aryl methyl sites for hydroxylation is 1. The predicted octanol–water partition coefficient (Wildman–Crippen LogP) is 0.129. The van der Waals surface area contributed by atoms with Crippen LogP contribution in [0.4, 0.5) is 0 Å². The van der Waals surface area contributed by atoms with E-state index in [0.29, 0.717) is 12.2 Å². The molecule has 0 spiro atoms. The van der Waals surface area contributed by atoms with Crippen LogP contribution in [0, 0.1) is 0 Å². The maximum atomic E-state index is 11.4. The van der Waals surface area contributed by atoms with E-state index < -0.39 is 9.84 Å². The van der Waals surface area contributed by atoms with E-state index in [4.69, 9.17) is 0 Å². The predicted molar refractivity (Wildman–Crippen MR) is 66.6 cm³/mol. The van der Waals surface area contributed by atoms with Crippen LogP contribution in [0.2, 0.25) is 0 Å². The molecule has 1 aromatic heterocycles. The van der Waals surface area contributed by atoms with Crippen LogP contribution in [0.25, 0.3) is 0 Å². The van der Waals surface area contributed by atoms with Crippen molar-refractivity contribution in [2.75, 3.05) is 18.1 Å². The quantitative estimate of drug-likeness (QED) is 0.833. The normalized spacial score (nSPS) is 27.4. The number of nitrogens with one attached hydrogen (secondary N) is 1. The minimum atomic E-state index is -2.83. The van der Waals surface area contributed by atoms with E-state index in [1.165, 1.54) is 0 Å². The molecule has 17 heavy (non-hydrogen) atoms. The summed E-state index contributed by atoms with van der Waals surface area (Å²) in [6.45, 7) is 2.74. The fourth-order valence-corrected chi connectivity index (χ4v) is 4.39. The van der Waals surface area contributed by atoms with Gasteiger partial charge in [0.25, 0.3) is 0 Å². The van der Waals surface area contributed by atoms with Crippen molar-refractivity contribution in [1.82, 2.24) is 14.9 Å². The molecule has 6 heteroatoms. The van der Waals surface area contributed by atoms with Crippen LogP contribution in [0.5, 0.6) is 0 Å². The number of nitrogens with zero attached hydrogens (tertiary/aromatic N) is 2. The van der Waals surface area contributed by atoms with Gasteiger partial charge >= 0.3 is 0 Å². The van der Waals surface area contributed by atoms with Gasteiger partial charge in [-0.3, -0.25) is 0 Å². The summed E-state index contributed by atoms with van der Waals surface area (Å²) in [5, 5.41) is 3.35. The van der Waals surface area contributed by atoms with Gasteiger partial charge in [-0.05, 0) is 13.3 Å². The van der Waals surface area contributed by atoms with Gasteiger partial charge in [0.2, 0.25) is 0 Å². The maximum absolute atomic E-state index is 11.4. The molecule has 1 aliphatic heterocycles. The SMILES string of the molecule is Cn1ccnc1CCNC1(C)CCS(=O)(=O)C1. The summed E-state index contributed by atoms with van der Waals surface area (Å²) in [5.41, 5.74) is -0.260. The Morgan fingerprint density at radius 3 is 2.88 bits per heavy atom. The first-order valence-electron chi connectivity index (χ1n) is 5.82. The Balaban J connectivity index is 1.85. The molecule has 1 atom stereocenters. The monoisotopic (exact) mass is 257 g/mol. The lowest BCUT2D eigenvalue weighted by atomic mass is 10.0. The zero-order chi connectivity index (χ0) is 12.5. The molecule has 0 radical (unpaired) electrons. The molecule has 1 N–H and O–H groups in total. The zero-order valence-electron chi connectivity index (χ0n) is 10.3. The zero-order valence-corrected chi connectivity index (χ0v) is 11.1. The lowest BCUT2D eigenvalue weighted by molar-refractivity contribution is 0.398. The molecule has 5 nitrogen and oxygen atoms in total. The van der Waals surface area contributed by atoms with Crippen LogP contribution >= 0.6 is 0 Å². The molecule has 0 bridgehead atoms. The summed E-state index contributed by atoms with van der Waals surface area (Å²) in [6.07, 6.45) is 5.21. The minimum Gasteiger partial charge on any atom is -0.338 e. The summed E-state index contributed by atoms with van der Waals surface area (Å²) in [6, 6.07) is 0. The molecular formula is C11H19N3O2S. The second-order valence-corrected chi connectivity index (χ2v) is 7.22. The highest BCUT2D eigenvalue weighted by atomic mass is 32.2. The van der Waals surface area contributed by atoms with Crippen LogP contribution in [-0.4, -0.2) is 41.6 Å². The van der Waals surface area contributed by atoms with Crippen molar-refractivity contribution in [3.8, 4) is 0 Å². The number of imidazole rings is 1. The Morgan fingerprint density at radius 2 is 2.35 bits per heavy atom. The molecule has 1 unspecified atom stereocenters. The first-order chi connectivity index (χ1) is 7.90. The standard InChI is InChI=1S/C11H19N3O2S/c1-11(4-8-17(15,16)9-11)13-5-3-10-12-6-7-14(10)2/h6-7,13H,3-5,8-9H2,1-2H3. The fourth-order valence-electron chi connectivity index (χ4n) is 2.26. The Kier molecular flexibility index (Phi) is 3.27. The first-order valence-corrected chi connectivity index (χ1v) is 7.64. The van der Waals surface area contributed by atoms with Crippen LogP contribution in [0.15, 0.2) is 12.4 Å². The molecule has 1 fully saturated rings. The van der Waals surface area contributed by atoms with Crippen molar-refractivity contribution in [2.45, 2.75) is 25.3 Å². The Morgan fingerprint density at radius 1 is 1.59 bits per heavy atom. The average molecular weight is 257 g/mol. The molecule has 0 saturated carbocycles. The van der Waals surface area contributed by atoms with Gasteiger partial charge in [-0.2, -0.15) is 0 Å². The molecule has 0 aliphatic carbocycles. The second kappa shape index (κ2) is 4.42. The van der Waals surface area contributed by atoms with Gasteiger partial charge in [-0.25, -0.2) is 13.4 Å². The molecular weight excluding hydrogens is 238 g/mol. The van der Waals surface area contributed by atoms with Gasteiger partial charge in [0.05, 0.1) is 11.5 Å². The highest BCUT2D eigenvalue weighted by Gasteiger charge is 2.37. The summed E-state index contributed by atoms with van der Waals surface area (Å²) in [7, 11) is -0.867. The van der Waals surface area contributed by atoms with Crippen LogP contribution in [-0.2, 0) is 23.3 Å². The molecule has 2 rings (SSSR count). The number of rotatable bonds is 4. The molecule has 1 aliphatic rings. The highest BCUT2D eigenvalue weighted by Crippen LogP contribution is 2.22. The van der Waals surface area contributed by atoms with Crippen molar-refractivity contribution >= 4 is 9.84 Å².